The number of anilines is 1. The van der Waals surface area contributed by atoms with Gasteiger partial charge in [0.15, 0.2) is 10.9 Å². The number of thioether (sulfide) groups is 1. The maximum Gasteiger partial charge on any atom is 0.275 e. The summed E-state index contributed by atoms with van der Waals surface area (Å²) >= 11 is 7.31. The average molecular weight is 457 g/mol. The summed E-state index contributed by atoms with van der Waals surface area (Å²) in [4.78, 5) is 20.7. The van der Waals surface area contributed by atoms with E-state index in [0.717, 1.165) is 0 Å². The molecule has 1 aromatic heterocycles. The lowest BCUT2D eigenvalue weighted by atomic mass is 10.3. The highest BCUT2D eigenvalue weighted by atomic mass is 35.5. The van der Waals surface area contributed by atoms with E-state index in [1.165, 1.54) is 46.5 Å². The van der Waals surface area contributed by atoms with Crippen LogP contribution in [0.4, 0.5) is 5.69 Å². The van der Waals surface area contributed by atoms with Crippen molar-refractivity contribution in [2.45, 2.75) is 36.1 Å². The molecule has 2 heterocycles. The number of carbonyl (C=O) groups is 1. The van der Waals surface area contributed by atoms with Crippen molar-refractivity contribution in [3.8, 4) is 0 Å². The van der Waals surface area contributed by atoms with Crippen LogP contribution in [0.15, 0.2) is 40.5 Å². The minimum absolute atomic E-state index is 0.0546. The number of hydrogen-bond donors (Lipinski definition) is 1. The molecule has 0 saturated carbocycles. The van der Waals surface area contributed by atoms with Crippen molar-refractivity contribution in [2.75, 3.05) is 24.7 Å². The monoisotopic (exact) mass is 456 g/mol. The minimum atomic E-state index is -3.64. The summed E-state index contributed by atoms with van der Waals surface area (Å²) in [6.45, 7) is 4.29. The molecule has 0 bridgehead atoms. The van der Waals surface area contributed by atoms with Crippen molar-refractivity contribution in [1.82, 2.24) is 14.3 Å². The van der Waals surface area contributed by atoms with Gasteiger partial charge in [0.2, 0.25) is 10.0 Å². The van der Waals surface area contributed by atoms with Crippen LogP contribution in [0.5, 0.6) is 0 Å². The molecule has 29 heavy (non-hydrogen) atoms. The molecule has 1 aromatic carbocycles. The number of sulfonamides is 1. The van der Waals surface area contributed by atoms with Gasteiger partial charge in [-0.1, -0.05) is 23.4 Å². The first kappa shape index (κ1) is 22.0. The van der Waals surface area contributed by atoms with E-state index in [9.17, 15) is 13.2 Å². The van der Waals surface area contributed by atoms with Crippen molar-refractivity contribution in [2.24, 2.45) is 0 Å². The lowest BCUT2D eigenvalue weighted by molar-refractivity contribution is -0.0440. The van der Waals surface area contributed by atoms with Gasteiger partial charge in [-0.15, -0.1) is 0 Å². The molecule has 1 aliphatic heterocycles. The summed E-state index contributed by atoms with van der Waals surface area (Å²) < 4.78 is 32.8. The molecule has 0 spiro atoms. The third-order valence-corrected chi connectivity index (χ3v) is 6.94. The SMILES string of the molecule is CSc1ncc(Cl)c(C(=O)Nc2ccc(S(=O)(=O)N3CC(C)OC(C)C3)cc2)n1. The highest BCUT2D eigenvalue weighted by Crippen LogP contribution is 2.23. The predicted molar refractivity (Wildman–Crippen MR) is 112 cm³/mol. The van der Waals surface area contributed by atoms with Crippen molar-refractivity contribution in [3.05, 3.63) is 41.2 Å². The van der Waals surface area contributed by atoms with E-state index in [0.29, 0.717) is 23.9 Å². The van der Waals surface area contributed by atoms with Gasteiger partial charge in [-0.25, -0.2) is 18.4 Å². The Morgan fingerprint density at radius 3 is 2.45 bits per heavy atom. The molecule has 1 amide bonds. The Labute approximate surface area is 179 Å². The van der Waals surface area contributed by atoms with Gasteiger partial charge in [0, 0.05) is 18.8 Å². The van der Waals surface area contributed by atoms with Crippen LogP contribution in [-0.4, -0.2) is 60.2 Å². The fourth-order valence-corrected chi connectivity index (χ4v) is 5.09. The van der Waals surface area contributed by atoms with E-state index < -0.39 is 15.9 Å². The first-order chi connectivity index (χ1) is 13.7. The van der Waals surface area contributed by atoms with Gasteiger partial charge in [0.05, 0.1) is 28.3 Å². The fourth-order valence-electron chi connectivity index (χ4n) is 2.99. The Hall–Kier alpha value is -1.72. The molecule has 1 aliphatic rings. The third kappa shape index (κ3) is 5.07. The third-order valence-electron chi connectivity index (χ3n) is 4.26. The zero-order valence-corrected chi connectivity index (χ0v) is 18.5. The number of aromatic nitrogens is 2. The normalized spacial score (nSPS) is 20.4. The molecule has 2 atom stereocenters. The van der Waals surface area contributed by atoms with Crippen LogP contribution in [0.25, 0.3) is 0 Å². The Kier molecular flexibility index (Phi) is 6.79. The van der Waals surface area contributed by atoms with Gasteiger partial charge in [-0.05, 0) is 44.4 Å². The van der Waals surface area contributed by atoms with Crippen LogP contribution in [-0.2, 0) is 14.8 Å². The van der Waals surface area contributed by atoms with Gasteiger partial charge in [-0.2, -0.15) is 4.31 Å². The first-order valence-electron chi connectivity index (χ1n) is 8.84. The number of halogens is 1. The average Bonchev–Trinajstić information content (AvgIpc) is 2.68. The van der Waals surface area contributed by atoms with Crippen LogP contribution in [0, 0.1) is 0 Å². The standard InChI is InChI=1S/C18H21ClN4O4S2/c1-11-9-23(10-12(2)27-11)29(25,26)14-6-4-13(5-7-14)21-17(24)16-15(19)8-20-18(22-16)28-3/h4-8,11-12H,9-10H2,1-3H3,(H,21,24). The second kappa shape index (κ2) is 8.97. The molecular formula is C18H21ClN4O4S2. The topological polar surface area (TPSA) is 101 Å². The smallest absolute Gasteiger partial charge is 0.275 e. The Bertz CT molecular complexity index is 991. The second-order valence-electron chi connectivity index (χ2n) is 6.61. The van der Waals surface area contributed by atoms with Gasteiger partial charge >= 0.3 is 0 Å². The number of morpholine rings is 1. The van der Waals surface area contributed by atoms with Crippen LogP contribution >= 0.6 is 23.4 Å². The Balaban J connectivity index is 1.76. The van der Waals surface area contributed by atoms with Crippen molar-refractivity contribution < 1.29 is 17.9 Å². The van der Waals surface area contributed by atoms with Gasteiger partial charge in [-0.3, -0.25) is 4.79 Å². The molecule has 1 N–H and O–H groups in total. The zero-order chi connectivity index (χ0) is 21.2. The lowest BCUT2D eigenvalue weighted by Crippen LogP contribution is -2.48. The number of hydrogen-bond acceptors (Lipinski definition) is 7. The van der Waals surface area contributed by atoms with E-state index in [1.807, 2.05) is 13.8 Å². The summed E-state index contributed by atoms with van der Waals surface area (Å²) in [5.74, 6) is -0.501. The van der Waals surface area contributed by atoms with Crippen molar-refractivity contribution in [3.63, 3.8) is 0 Å². The fraction of sp³-hybridized carbons (Fsp3) is 0.389. The van der Waals surface area contributed by atoms with Crippen LogP contribution in [0.2, 0.25) is 5.02 Å². The molecule has 2 unspecified atom stereocenters. The summed E-state index contributed by atoms with van der Waals surface area (Å²) in [6, 6.07) is 5.99. The molecule has 156 valence electrons. The van der Waals surface area contributed by atoms with E-state index in [4.69, 9.17) is 16.3 Å². The number of nitrogens with one attached hydrogen (secondary N) is 1. The van der Waals surface area contributed by atoms with E-state index >= 15 is 0 Å². The molecule has 1 saturated heterocycles. The first-order valence-corrected chi connectivity index (χ1v) is 11.9. The largest absolute Gasteiger partial charge is 0.373 e. The molecule has 0 aliphatic carbocycles. The highest BCUT2D eigenvalue weighted by Gasteiger charge is 2.32. The van der Waals surface area contributed by atoms with Crippen molar-refractivity contribution in [1.29, 1.82) is 0 Å². The summed E-state index contributed by atoms with van der Waals surface area (Å²) in [7, 11) is -3.64. The number of carbonyl (C=O) groups excluding carboxylic acids is 1. The lowest BCUT2D eigenvalue weighted by Gasteiger charge is -2.34. The van der Waals surface area contributed by atoms with Crippen LogP contribution < -0.4 is 5.32 Å². The maximum atomic E-state index is 12.9. The summed E-state index contributed by atoms with van der Waals surface area (Å²) in [6.07, 6.45) is 2.82. The molecule has 0 radical (unpaired) electrons. The molecule has 3 rings (SSSR count). The Morgan fingerprint density at radius 1 is 1.24 bits per heavy atom. The minimum Gasteiger partial charge on any atom is -0.373 e. The van der Waals surface area contributed by atoms with E-state index in [2.05, 4.69) is 15.3 Å². The Morgan fingerprint density at radius 2 is 1.86 bits per heavy atom. The highest BCUT2D eigenvalue weighted by molar-refractivity contribution is 7.98. The van der Waals surface area contributed by atoms with Crippen molar-refractivity contribution >= 4 is 45.0 Å². The van der Waals surface area contributed by atoms with E-state index in [-0.39, 0.29) is 27.8 Å². The zero-order valence-electron chi connectivity index (χ0n) is 16.1. The molecule has 1 fully saturated rings. The quantitative estimate of drug-likeness (QED) is 0.545. The predicted octanol–water partition coefficient (Wildman–Crippen LogP) is 2.90. The molecular weight excluding hydrogens is 436 g/mol. The second-order valence-corrected chi connectivity index (χ2v) is 9.73. The van der Waals surface area contributed by atoms with Gasteiger partial charge in [0.1, 0.15) is 0 Å². The van der Waals surface area contributed by atoms with Gasteiger partial charge < -0.3 is 10.1 Å². The number of nitrogens with zero attached hydrogens (tertiary/aromatic N) is 3. The maximum absolute atomic E-state index is 12.9. The van der Waals surface area contributed by atoms with Gasteiger partial charge in [0.25, 0.3) is 5.91 Å². The summed E-state index contributed by atoms with van der Waals surface area (Å²) in [5, 5.41) is 3.23. The summed E-state index contributed by atoms with van der Waals surface area (Å²) in [5.41, 5.74) is 0.483. The number of rotatable bonds is 5. The number of benzene rings is 1. The number of amides is 1. The molecule has 8 nitrogen and oxygen atoms in total. The van der Waals surface area contributed by atoms with E-state index in [1.54, 1.807) is 6.26 Å². The number of ether oxygens (including phenoxy) is 1. The van der Waals surface area contributed by atoms with Crippen LogP contribution in [0.1, 0.15) is 24.3 Å². The molecule has 2 aromatic rings. The molecule has 11 heteroatoms. The van der Waals surface area contributed by atoms with Crippen LogP contribution in [0.3, 0.4) is 0 Å².